The highest BCUT2D eigenvalue weighted by Gasteiger charge is 2.45. The van der Waals surface area contributed by atoms with Gasteiger partial charge in [-0.05, 0) is 36.1 Å². The molecule has 0 bridgehead atoms. The number of methoxy groups -OCH3 is 2. The molecule has 0 saturated carbocycles. The number of hydrogen-bond acceptors (Lipinski definition) is 6. The molecule has 1 aromatic carbocycles. The monoisotopic (exact) mass is 405 g/mol. The Balaban J connectivity index is 2.11. The van der Waals surface area contributed by atoms with Gasteiger partial charge in [-0.1, -0.05) is 13.8 Å². The molecule has 0 aromatic heterocycles. The van der Waals surface area contributed by atoms with Crippen LogP contribution in [0.15, 0.2) is 12.1 Å². The number of aryl methyl sites for hydroxylation is 1. The topological polar surface area (TPSA) is 96.5 Å². The van der Waals surface area contributed by atoms with E-state index >= 15 is 0 Å². The first-order valence-corrected chi connectivity index (χ1v) is 9.23. The molecule has 29 heavy (non-hydrogen) atoms. The Bertz CT molecular complexity index is 836. The molecule has 0 atom stereocenters. The molecule has 9 heteroatoms. The Kier molecular flexibility index (Phi) is 6.84. The van der Waals surface area contributed by atoms with Crippen molar-refractivity contribution in [1.29, 1.82) is 0 Å². The average Bonchev–Trinajstić information content (AvgIpc) is 2.86. The molecular weight excluding hydrogens is 378 g/mol. The Morgan fingerprint density at radius 3 is 2.14 bits per heavy atom. The van der Waals surface area contributed by atoms with Crippen molar-refractivity contribution in [3.8, 4) is 11.5 Å². The summed E-state index contributed by atoms with van der Waals surface area (Å²) in [5.74, 6) is -1.19. The molecule has 9 nitrogen and oxygen atoms in total. The van der Waals surface area contributed by atoms with Crippen molar-refractivity contribution in [3.05, 3.63) is 23.3 Å². The van der Waals surface area contributed by atoms with Crippen molar-refractivity contribution in [3.63, 3.8) is 0 Å². The Morgan fingerprint density at radius 1 is 1.03 bits per heavy atom. The molecule has 0 aliphatic carbocycles. The highest BCUT2D eigenvalue weighted by atomic mass is 16.5. The van der Waals surface area contributed by atoms with Crippen molar-refractivity contribution < 1.29 is 28.7 Å². The number of ether oxygens (including phenoxy) is 2. The lowest BCUT2D eigenvalue weighted by molar-refractivity contribution is -0.144. The van der Waals surface area contributed by atoms with Crippen LogP contribution >= 0.6 is 0 Å². The first-order valence-electron chi connectivity index (χ1n) is 9.23. The zero-order chi connectivity index (χ0) is 21.9. The lowest BCUT2D eigenvalue weighted by Crippen LogP contribution is -2.42. The molecule has 158 valence electrons. The minimum Gasteiger partial charge on any atom is -0.493 e. The second-order valence-electron chi connectivity index (χ2n) is 7.37. The Labute approximate surface area is 170 Å². The predicted molar refractivity (Wildman–Crippen MR) is 104 cm³/mol. The molecule has 5 amide bonds. The number of carbonyl (C=O) groups excluding carboxylic acids is 4. The Morgan fingerprint density at radius 2 is 1.59 bits per heavy atom. The highest BCUT2D eigenvalue weighted by Crippen LogP contribution is 2.30. The van der Waals surface area contributed by atoms with E-state index in [2.05, 4.69) is 0 Å². The molecule has 0 unspecified atom stereocenters. The average molecular weight is 405 g/mol. The van der Waals surface area contributed by atoms with Crippen LogP contribution in [0.2, 0.25) is 0 Å². The van der Waals surface area contributed by atoms with Gasteiger partial charge in [0, 0.05) is 20.1 Å². The van der Waals surface area contributed by atoms with Crippen molar-refractivity contribution >= 4 is 23.8 Å². The molecule has 0 N–H and O–H groups in total. The van der Waals surface area contributed by atoms with Crippen molar-refractivity contribution in [1.82, 2.24) is 14.7 Å². The largest absolute Gasteiger partial charge is 0.493 e. The summed E-state index contributed by atoms with van der Waals surface area (Å²) in [5.41, 5.74) is 1.73. The third-order valence-electron chi connectivity index (χ3n) is 4.65. The van der Waals surface area contributed by atoms with Crippen LogP contribution in [-0.2, 0) is 20.9 Å². The van der Waals surface area contributed by atoms with E-state index in [-0.39, 0.29) is 19.0 Å². The third kappa shape index (κ3) is 4.67. The Hall–Kier alpha value is -3.10. The van der Waals surface area contributed by atoms with E-state index in [0.717, 1.165) is 16.0 Å². The van der Waals surface area contributed by atoms with E-state index in [1.165, 1.54) is 12.0 Å². The van der Waals surface area contributed by atoms with E-state index in [1.54, 1.807) is 20.2 Å². The van der Waals surface area contributed by atoms with Gasteiger partial charge in [0.15, 0.2) is 11.5 Å². The van der Waals surface area contributed by atoms with Crippen LogP contribution in [0.3, 0.4) is 0 Å². The molecule has 1 fully saturated rings. The van der Waals surface area contributed by atoms with Crippen LogP contribution in [0.25, 0.3) is 0 Å². The molecule has 1 heterocycles. The van der Waals surface area contributed by atoms with E-state index in [4.69, 9.17) is 9.47 Å². The minimum absolute atomic E-state index is 0.0158. The number of hydrogen-bond donors (Lipinski definition) is 0. The molecule has 1 aliphatic rings. The minimum atomic E-state index is -0.973. The standard InChI is InChI=1S/C20H27N3O6/c1-12(2)9-22-18(25)19(26)23(20(22)27)11-17(24)21(4)10-14-8-16(29-6)15(28-5)7-13(14)3/h7-8,12H,9-11H2,1-6H3. The van der Waals surface area contributed by atoms with Crippen molar-refractivity contribution in [2.24, 2.45) is 5.92 Å². The van der Waals surface area contributed by atoms with Crippen LogP contribution in [0.1, 0.15) is 25.0 Å². The fourth-order valence-corrected chi connectivity index (χ4v) is 3.01. The number of nitrogens with zero attached hydrogens (tertiary/aromatic N) is 3. The summed E-state index contributed by atoms with van der Waals surface area (Å²) in [6.07, 6.45) is 0. The van der Waals surface area contributed by atoms with Crippen LogP contribution in [0, 0.1) is 12.8 Å². The normalized spacial score (nSPS) is 14.1. The van der Waals surface area contributed by atoms with Gasteiger partial charge in [0.2, 0.25) is 5.91 Å². The summed E-state index contributed by atoms with van der Waals surface area (Å²) in [4.78, 5) is 52.2. The second-order valence-corrected chi connectivity index (χ2v) is 7.37. The van der Waals surface area contributed by atoms with Gasteiger partial charge >= 0.3 is 17.8 Å². The lowest BCUT2D eigenvalue weighted by Gasteiger charge is -2.22. The van der Waals surface area contributed by atoms with Crippen molar-refractivity contribution in [2.75, 3.05) is 34.4 Å². The highest BCUT2D eigenvalue weighted by molar-refractivity contribution is 6.45. The van der Waals surface area contributed by atoms with Gasteiger partial charge < -0.3 is 14.4 Å². The number of urea groups is 1. The van der Waals surface area contributed by atoms with Gasteiger partial charge in [-0.2, -0.15) is 0 Å². The quantitative estimate of drug-likeness (QED) is 0.479. The van der Waals surface area contributed by atoms with Crippen LogP contribution in [0.5, 0.6) is 11.5 Å². The van der Waals surface area contributed by atoms with Gasteiger partial charge in [0.05, 0.1) is 14.2 Å². The summed E-state index contributed by atoms with van der Waals surface area (Å²) >= 11 is 0. The fourth-order valence-electron chi connectivity index (χ4n) is 3.01. The summed E-state index contributed by atoms with van der Waals surface area (Å²) in [6.45, 7) is 5.43. The molecule has 1 aromatic rings. The van der Waals surface area contributed by atoms with Gasteiger partial charge in [-0.3, -0.25) is 19.3 Å². The third-order valence-corrected chi connectivity index (χ3v) is 4.65. The molecule has 1 aliphatic heterocycles. The zero-order valence-corrected chi connectivity index (χ0v) is 17.6. The number of rotatable bonds is 8. The van der Waals surface area contributed by atoms with Gasteiger partial charge in [-0.25, -0.2) is 9.69 Å². The smallest absolute Gasteiger partial charge is 0.334 e. The lowest BCUT2D eigenvalue weighted by atomic mass is 10.1. The summed E-state index contributed by atoms with van der Waals surface area (Å²) in [5, 5.41) is 0. The summed E-state index contributed by atoms with van der Waals surface area (Å²) in [6, 6.07) is 2.83. The van der Waals surface area contributed by atoms with E-state index in [9.17, 15) is 19.2 Å². The number of benzene rings is 1. The van der Waals surface area contributed by atoms with Gasteiger partial charge in [0.25, 0.3) is 0 Å². The van der Waals surface area contributed by atoms with E-state index in [0.29, 0.717) is 16.4 Å². The maximum Gasteiger partial charge on any atom is 0.334 e. The molecule has 0 spiro atoms. The van der Waals surface area contributed by atoms with Gasteiger partial charge in [0.1, 0.15) is 6.54 Å². The number of likely N-dealkylation sites (N-methyl/N-ethyl adjacent to an activating group) is 1. The summed E-state index contributed by atoms with van der Waals surface area (Å²) < 4.78 is 10.6. The first kappa shape index (κ1) is 22.2. The van der Waals surface area contributed by atoms with Crippen LogP contribution in [0.4, 0.5) is 4.79 Å². The number of amides is 5. The maximum atomic E-state index is 12.6. The fraction of sp³-hybridized carbons (Fsp3) is 0.500. The summed E-state index contributed by atoms with van der Waals surface area (Å²) in [7, 11) is 4.63. The predicted octanol–water partition coefficient (Wildman–Crippen LogP) is 1.42. The second kappa shape index (κ2) is 8.93. The number of imide groups is 2. The SMILES string of the molecule is COc1cc(C)c(CN(C)C(=O)CN2C(=O)C(=O)N(CC(C)C)C2=O)cc1OC. The molecule has 2 rings (SSSR count). The zero-order valence-electron chi connectivity index (χ0n) is 17.6. The molecule has 0 radical (unpaired) electrons. The van der Waals surface area contributed by atoms with Crippen LogP contribution in [-0.4, -0.2) is 72.8 Å². The van der Waals surface area contributed by atoms with Crippen molar-refractivity contribution in [2.45, 2.75) is 27.3 Å². The maximum absolute atomic E-state index is 12.6. The molecule has 1 saturated heterocycles. The van der Waals surface area contributed by atoms with Crippen LogP contribution < -0.4 is 9.47 Å². The van der Waals surface area contributed by atoms with Gasteiger partial charge in [-0.15, -0.1) is 0 Å². The van der Waals surface area contributed by atoms with E-state index < -0.39 is 30.3 Å². The number of carbonyl (C=O) groups is 4. The van der Waals surface area contributed by atoms with E-state index in [1.807, 2.05) is 26.8 Å². The molecular formula is C20H27N3O6. The first-order chi connectivity index (χ1) is 13.6.